The van der Waals surface area contributed by atoms with Crippen LogP contribution >= 0.6 is 0 Å². The molecule has 1 aromatic carbocycles. The first-order chi connectivity index (χ1) is 7.79. The third kappa shape index (κ3) is 2.76. The van der Waals surface area contributed by atoms with Gasteiger partial charge < -0.3 is 10.1 Å². The maximum absolute atomic E-state index is 5.45. The Kier molecular flexibility index (Phi) is 3.83. The van der Waals surface area contributed by atoms with E-state index in [9.17, 15) is 0 Å². The first kappa shape index (κ1) is 11.5. The molecule has 0 spiro atoms. The van der Waals surface area contributed by atoms with Crippen LogP contribution in [0.3, 0.4) is 0 Å². The van der Waals surface area contributed by atoms with E-state index in [0.717, 1.165) is 12.4 Å². The molecule has 2 atom stereocenters. The van der Waals surface area contributed by atoms with Gasteiger partial charge in [0.05, 0.1) is 6.61 Å². The predicted molar refractivity (Wildman–Crippen MR) is 66.8 cm³/mol. The van der Waals surface area contributed by atoms with E-state index in [-0.39, 0.29) is 0 Å². The topological polar surface area (TPSA) is 21.3 Å². The Balaban J connectivity index is 2.03. The normalized spacial score (nSPS) is 25.4. The minimum Gasteiger partial charge on any atom is -0.494 e. The molecule has 1 heterocycles. The van der Waals surface area contributed by atoms with Crippen LogP contribution in [0.2, 0.25) is 0 Å². The molecule has 2 nitrogen and oxygen atoms in total. The smallest absolute Gasteiger partial charge is 0.119 e. The minimum absolute atomic E-state index is 0.527. The van der Waals surface area contributed by atoms with Crippen LogP contribution < -0.4 is 10.1 Å². The Bertz CT molecular complexity index is 320. The minimum atomic E-state index is 0.527. The lowest BCUT2D eigenvalue weighted by molar-refractivity contribution is 0.335. The summed E-state index contributed by atoms with van der Waals surface area (Å²) in [6.07, 6.45) is 3.87. The fraction of sp³-hybridized carbons (Fsp3) is 0.571. The van der Waals surface area contributed by atoms with Gasteiger partial charge in [0.1, 0.15) is 5.75 Å². The van der Waals surface area contributed by atoms with Crippen LogP contribution in [0.25, 0.3) is 0 Å². The first-order valence-corrected chi connectivity index (χ1v) is 6.28. The number of hydrogen-bond acceptors (Lipinski definition) is 2. The van der Waals surface area contributed by atoms with Crippen molar-refractivity contribution in [2.75, 3.05) is 6.61 Å². The Morgan fingerprint density at radius 2 is 2.00 bits per heavy atom. The molecule has 0 bridgehead atoms. The molecular weight excluding hydrogens is 198 g/mol. The molecule has 0 radical (unpaired) electrons. The Hall–Kier alpha value is -1.02. The zero-order valence-electron chi connectivity index (χ0n) is 10.2. The second kappa shape index (κ2) is 5.35. The van der Waals surface area contributed by atoms with Crippen molar-refractivity contribution in [3.8, 4) is 5.75 Å². The molecule has 1 aromatic rings. The highest BCUT2D eigenvalue weighted by atomic mass is 16.5. The summed E-state index contributed by atoms with van der Waals surface area (Å²) in [4.78, 5) is 0. The second-order valence-corrected chi connectivity index (χ2v) is 4.55. The van der Waals surface area contributed by atoms with Gasteiger partial charge in [-0.2, -0.15) is 0 Å². The zero-order valence-corrected chi connectivity index (χ0v) is 10.2. The van der Waals surface area contributed by atoms with Gasteiger partial charge in [0, 0.05) is 12.1 Å². The zero-order chi connectivity index (χ0) is 11.4. The molecule has 1 fully saturated rings. The highest BCUT2D eigenvalue weighted by Gasteiger charge is 2.18. The molecule has 1 saturated heterocycles. The van der Waals surface area contributed by atoms with Crippen LogP contribution in [-0.2, 0) is 0 Å². The highest BCUT2D eigenvalue weighted by molar-refractivity contribution is 5.29. The Morgan fingerprint density at radius 3 is 2.62 bits per heavy atom. The molecule has 1 aliphatic rings. The number of nitrogens with one attached hydrogen (secondary N) is 1. The van der Waals surface area contributed by atoms with Crippen molar-refractivity contribution >= 4 is 0 Å². The summed E-state index contributed by atoms with van der Waals surface area (Å²) in [7, 11) is 0. The van der Waals surface area contributed by atoms with Crippen molar-refractivity contribution in [1.82, 2.24) is 5.32 Å². The van der Waals surface area contributed by atoms with Gasteiger partial charge in [-0.25, -0.2) is 0 Å². The van der Waals surface area contributed by atoms with Crippen LogP contribution in [0.15, 0.2) is 24.3 Å². The van der Waals surface area contributed by atoms with E-state index in [0.29, 0.717) is 12.1 Å². The third-order valence-electron chi connectivity index (χ3n) is 3.21. The van der Waals surface area contributed by atoms with E-state index in [4.69, 9.17) is 4.74 Å². The molecule has 1 N–H and O–H groups in total. The molecule has 0 aliphatic carbocycles. The predicted octanol–water partition coefficient (Wildman–Crippen LogP) is 3.29. The van der Waals surface area contributed by atoms with Gasteiger partial charge in [-0.3, -0.25) is 0 Å². The highest BCUT2D eigenvalue weighted by Crippen LogP contribution is 2.26. The fourth-order valence-corrected chi connectivity index (χ4v) is 2.36. The van der Waals surface area contributed by atoms with Crippen LogP contribution in [-0.4, -0.2) is 12.6 Å². The molecule has 0 saturated carbocycles. The molecule has 0 aromatic heterocycles. The lowest BCUT2D eigenvalue weighted by Crippen LogP contribution is -2.34. The maximum Gasteiger partial charge on any atom is 0.119 e. The second-order valence-electron chi connectivity index (χ2n) is 4.55. The standard InChI is InChI=1S/C14H21NO/c1-3-16-13-9-7-12(8-10-13)14-6-4-5-11(2)15-14/h7-11,14-15H,3-6H2,1-2H3. The maximum atomic E-state index is 5.45. The van der Waals surface area contributed by atoms with Crippen LogP contribution in [0.1, 0.15) is 44.7 Å². The summed E-state index contributed by atoms with van der Waals surface area (Å²) in [5.74, 6) is 0.968. The largest absolute Gasteiger partial charge is 0.494 e. The first-order valence-electron chi connectivity index (χ1n) is 6.28. The van der Waals surface area contributed by atoms with Gasteiger partial charge in [0.15, 0.2) is 0 Å². The fourth-order valence-electron chi connectivity index (χ4n) is 2.36. The Morgan fingerprint density at radius 1 is 1.25 bits per heavy atom. The Labute approximate surface area is 98.0 Å². The van der Waals surface area contributed by atoms with Crippen LogP contribution in [0.5, 0.6) is 5.75 Å². The van der Waals surface area contributed by atoms with Crippen LogP contribution in [0, 0.1) is 0 Å². The average molecular weight is 219 g/mol. The molecule has 16 heavy (non-hydrogen) atoms. The number of rotatable bonds is 3. The van der Waals surface area contributed by atoms with E-state index in [1.54, 1.807) is 0 Å². The van der Waals surface area contributed by atoms with Crippen molar-refractivity contribution in [2.45, 2.75) is 45.2 Å². The van der Waals surface area contributed by atoms with Gasteiger partial charge in [0.25, 0.3) is 0 Å². The van der Waals surface area contributed by atoms with Crippen molar-refractivity contribution in [3.05, 3.63) is 29.8 Å². The number of hydrogen-bond donors (Lipinski definition) is 1. The summed E-state index contributed by atoms with van der Waals surface area (Å²) in [6.45, 7) is 5.01. The van der Waals surface area contributed by atoms with E-state index >= 15 is 0 Å². The van der Waals surface area contributed by atoms with Crippen molar-refractivity contribution in [2.24, 2.45) is 0 Å². The third-order valence-corrected chi connectivity index (χ3v) is 3.21. The van der Waals surface area contributed by atoms with Crippen molar-refractivity contribution in [3.63, 3.8) is 0 Å². The molecule has 2 unspecified atom stereocenters. The summed E-state index contributed by atoms with van der Waals surface area (Å²) in [5, 5.41) is 3.64. The van der Waals surface area contributed by atoms with E-state index in [2.05, 4.69) is 36.5 Å². The molecule has 2 heteroatoms. The van der Waals surface area contributed by atoms with Gasteiger partial charge in [-0.15, -0.1) is 0 Å². The molecule has 2 rings (SSSR count). The van der Waals surface area contributed by atoms with Crippen molar-refractivity contribution in [1.29, 1.82) is 0 Å². The molecule has 1 aliphatic heterocycles. The van der Waals surface area contributed by atoms with Gasteiger partial charge >= 0.3 is 0 Å². The number of benzene rings is 1. The summed E-state index contributed by atoms with van der Waals surface area (Å²) < 4.78 is 5.45. The van der Waals surface area contributed by atoms with Crippen molar-refractivity contribution < 1.29 is 4.74 Å². The molecular formula is C14H21NO. The summed E-state index contributed by atoms with van der Waals surface area (Å²) in [6, 6.07) is 9.67. The lowest BCUT2D eigenvalue weighted by Gasteiger charge is -2.29. The summed E-state index contributed by atoms with van der Waals surface area (Å²) in [5.41, 5.74) is 1.38. The molecule has 88 valence electrons. The van der Waals surface area contributed by atoms with E-state index in [1.165, 1.54) is 24.8 Å². The lowest BCUT2D eigenvalue weighted by atomic mass is 9.94. The number of ether oxygens (including phenoxy) is 1. The van der Waals surface area contributed by atoms with E-state index in [1.807, 2.05) is 6.92 Å². The van der Waals surface area contributed by atoms with Crippen LogP contribution in [0.4, 0.5) is 0 Å². The monoisotopic (exact) mass is 219 g/mol. The van der Waals surface area contributed by atoms with E-state index < -0.39 is 0 Å². The van der Waals surface area contributed by atoms with Gasteiger partial charge in [-0.1, -0.05) is 18.6 Å². The average Bonchev–Trinajstić information content (AvgIpc) is 2.30. The molecule has 0 amide bonds. The van der Waals surface area contributed by atoms with Gasteiger partial charge in [0.2, 0.25) is 0 Å². The van der Waals surface area contributed by atoms with Gasteiger partial charge in [-0.05, 0) is 44.4 Å². The quantitative estimate of drug-likeness (QED) is 0.842. The number of piperidine rings is 1. The SMILES string of the molecule is CCOc1ccc(C2CCCC(C)N2)cc1. The summed E-state index contributed by atoms with van der Waals surface area (Å²) >= 11 is 0.